The average molecular weight is 412 g/mol. The van der Waals surface area contributed by atoms with Crippen molar-refractivity contribution in [1.82, 2.24) is 9.97 Å². The fourth-order valence-electron chi connectivity index (χ4n) is 2.48. The van der Waals surface area contributed by atoms with Crippen LogP contribution in [0.25, 0.3) is 10.2 Å². The Balaban J connectivity index is 1.73. The largest absolute Gasteiger partial charge is 0.418 e. The Morgan fingerprint density at radius 3 is 2.67 bits per heavy atom. The number of hydrogen-bond donors (Lipinski definition) is 2. The van der Waals surface area contributed by atoms with E-state index in [2.05, 4.69) is 15.3 Å². The maximum atomic E-state index is 13.0. The number of nitrogen functional groups attached to an aromatic ring is 1. The number of nitrogens with zero attached hydrogens (tertiary/aromatic N) is 2. The highest BCUT2D eigenvalue weighted by atomic mass is 32.2. The molecular weight excluding hydrogens is 397 g/mol. The van der Waals surface area contributed by atoms with Crippen LogP contribution in [0.5, 0.6) is 0 Å². The van der Waals surface area contributed by atoms with Gasteiger partial charge in [-0.15, -0.1) is 11.3 Å². The zero-order valence-corrected chi connectivity index (χ0v) is 16.0. The second kappa shape index (κ2) is 7.35. The summed E-state index contributed by atoms with van der Waals surface area (Å²) in [4.78, 5) is 22.5. The van der Waals surface area contributed by atoms with Crippen molar-refractivity contribution in [1.29, 1.82) is 0 Å². The third-order valence-corrected chi connectivity index (χ3v) is 5.82. The van der Waals surface area contributed by atoms with Crippen LogP contribution in [0.1, 0.15) is 16.0 Å². The number of aryl methyl sites for hydroxylation is 2. The van der Waals surface area contributed by atoms with E-state index in [1.54, 1.807) is 0 Å². The molecule has 0 radical (unpaired) electrons. The van der Waals surface area contributed by atoms with Gasteiger partial charge in [-0.3, -0.25) is 4.79 Å². The van der Waals surface area contributed by atoms with Gasteiger partial charge in [0.15, 0.2) is 5.16 Å². The van der Waals surface area contributed by atoms with Crippen LogP contribution in [-0.2, 0) is 11.0 Å². The Labute approximate surface area is 161 Å². The number of fused-ring (bicyclic) bond motifs is 1. The Morgan fingerprint density at radius 1 is 1.26 bits per heavy atom. The number of amides is 1. The minimum absolute atomic E-state index is 0.138. The Morgan fingerprint density at radius 2 is 1.96 bits per heavy atom. The van der Waals surface area contributed by atoms with Crippen molar-refractivity contribution < 1.29 is 18.0 Å². The molecule has 3 rings (SSSR count). The molecule has 0 bridgehead atoms. The van der Waals surface area contributed by atoms with Crippen LogP contribution in [-0.4, -0.2) is 21.6 Å². The number of nitrogens with two attached hydrogens (primary N) is 1. The molecule has 3 aromatic rings. The number of thioether (sulfide) groups is 1. The summed E-state index contributed by atoms with van der Waals surface area (Å²) in [6.07, 6.45) is -4.55. The number of carbonyl (C=O) groups is 1. The first-order chi connectivity index (χ1) is 12.7. The number of hydrogen-bond acceptors (Lipinski definition) is 6. The van der Waals surface area contributed by atoms with E-state index in [-0.39, 0.29) is 11.4 Å². The summed E-state index contributed by atoms with van der Waals surface area (Å²) in [5, 5.41) is 3.39. The molecule has 0 atom stereocenters. The maximum absolute atomic E-state index is 13.0. The highest BCUT2D eigenvalue weighted by molar-refractivity contribution is 7.99. The predicted octanol–water partition coefficient (Wildman–Crippen LogP) is 4.64. The maximum Gasteiger partial charge on any atom is 0.418 e. The molecule has 0 aliphatic heterocycles. The third kappa shape index (κ3) is 4.16. The number of nitrogens with one attached hydrogen (secondary N) is 1. The van der Waals surface area contributed by atoms with Gasteiger partial charge in [-0.25, -0.2) is 9.97 Å². The lowest BCUT2D eigenvalue weighted by Gasteiger charge is -2.13. The van der Waals surface area contributed by atoms with E-state index < -0.39 is 17.6 Å². The number of carbonyl (C=O) groups excluding carboxylic acids is 1. The molecular formula is C17H15F3N4OS2. The van der Waals surface area contributed by atoms with Crippen molar-refractivity contribution >= 4 is 50.7 Å². The van der Waals surface area contributed by atoms with Crippen LogP contribution >= 0.6 is 23.1 Å². The molecule has 0 saturated heterocycles. The minimum atomic E-state index is -4.55. The zero-order valence-electron chi connectivity index (χ0n) is 14.3. The normalized spacial score (nSPS) is 11.7. The monoisotopic (exact) mass is 412 g/mol. The molecule has 0 spiro atoms. The van der Waals surface area contributed by atoms with E-state index in [0.717, 1.165) is 38.5 Å². The summed E-state index contributed by atoms with van der Waals surface area (Å²) in [6, 6.07) is 4.83. The smallest absolute Gasteiger partial charge is 0.383 e. The van der Waals surface area contributed by atoms with Crippen LogP contribution in [0.3, 0.4) is 0 Å². The Kier molecular flexibility index (Phi) is 5.29. The van der Waals surface area contributed by atoms with E-state index in [9.17, 15) is 18.0 Å². The molecule has 5 nitrogen and oxygen atoms in total. The van der Waals surface area contributed by atoms with E-state index in [1.165, 1.54) is 29.5 Å². The van der Waals surface area contributed by atoms with E-state index in [0.29, 0.717) is 11.0 Å². The number of para-hydroxylation sites is 1. The first-order valence-electron chi connectivity index (χ1n) is 7.79. The van der Waals surface area contributed by atoms with Crippen LogP contribution < -0.4 is 11.1 Å². The molecule has 142 valence electrons. The van der Waals surface area contributed by atoms with Gasteiger partial charge in [-0.1, -0.05) is 23.9 Å². The van der Waals surface area contributed by atoms with Gasteiger partial charge in [0.2, 0.25) is 5.91 Å². The average Bonchev–Trinajstić information content (AvgIpc) is 2.87. The number of thiophene rings is 1. The van der Waals surface area contributed by atoms with Gasteiger partial charge in [0.05, 0.1) is 22.4 Å². The second-order valence-corrected chi connectivity index (χ2v) is 7.88. The minimum Gasteiger partial charge on any atom is -0.383 e. The highest BCUT2D eigenvalue weighted by Crippen LogP contribution is 2.35. The number of aromatic nitrogens is 2. The number of anilines is 2. The van der Waals surface area contributed by atoms with Crippen molar-refractivity contribution in [2.75, 3.05) is 16.8 Å². The highest BCUT2D eigenvalue weighted by Gasteiger charge is 2.33. The summed E-state index contributed by atoms with van der Waals surface area (Å²) in [7, 11) is 0. The van der Waals surface area contributed by atoms with Crippen molar-refractivity contribution in [3.63, 3.8) is 0 Å². The van der Waals surface area contributed by atoms with Gasteiger partial charge in [-0.05, 0) is 31.5 Å². The molecule has 27 heavy (non-hydrogen) atoms. The molecule has 0 fully saturated rings. The second-order valence-electron chi connectivity index (χ2n) is 5.74. The van der Waals surface area contributed by atoms with E-state index in [4.69, 9.17) is 5.73 Å². The number of halogens is 3. The lowest BCUT2D eigenvalue weighted by Crippen LogP contribution is -2.18. The molecule has 10 heteroatoms. The van der Waals surface area contributed by atoms with Crippen molar-refractivity contribution in [3.05, 3.63) is 40.3 Å². The van der Waals surface area contributed by atoms with Gasteiger partial charge < -0.3 is 11.1 Å². The summed E-state index contributed by atoms with van der Waals surface area (Å²) in [5.41, 5.74) is 5.83. The standard InChI is InChI=1S/C17H15F3N4OS2/c1-8-9(2)27-15-13(8)14(21)23-16(24-15)26-7-12(25)22-11-6-4-3-5-10(11)17(18,19)20/h3-6H,7H2,1-2H3,(H,22,25)(H2,21,23,24). The van der Waals surface area contributed by atoms with Crippen molar-refractivity contribution in [3.8, 4) is 0 Å². The Bertz CT molecular complexity index is 1020. The number of rotatable bonds is 4. The van der Waals surface area contributed by atoms with Gasteiger partial charge in [0.25, 0.3) is 0 Å². The van der Waals surface area contributed by atoms with Gasteiger partial charge in [-0.2, -0.15) is 13.2 Å². The molecule has 0 unspecified atom stereocenters. The first kappa shape index (κ1) is 19.4. The SMILES string of the molecule is Cc1sc2nc(SCC(=O)Nc3ccccc3C(F)(F)F)nc(N)c2c1C. The number of benzene rings is 1. The lowest BCUT2D eigenvalue weighted by atomic mass is 10.1. The van der Waals surface area contributed by atoms with Crippen molar-refractivity contribution in [2.24, 2.45) is 0 Å². The summed E-state index contributed by atoms with van der Waals surface area (Å²) in [6.45, 7) is 3.89. The Hall–Kier alpha value is -2.33. The van der Waals surface area contributed by atoms with Crippen LogP contribution in [0.2, 0.25) is 0 Å². The molecule has 1 amide bonds. The van der Waals surface area contributed by atoms with Gasteiger partial charge >= 0.3 is 6.18 Å². The van der Waals surface area contributed by atoms with Crippen molar-refractivity contribution in [2.45, 2.75) is 25.2 Å². The van der Waals surface area contributed by atoms with Gasteiger partial charge in [0, 0.05) is 4.88 Å². The summed E-state index contributed by atoms with van der Waals surface area (Å²) in [5.74, 6) is -0.398. The fraction of sp³-hybridized carbons (Fsp3) is 0.235. The van der Waals surface area contributed by atoms with Gasteiger partial charge in [0.1, 0.15) is 10.6 Å². The zero-order chi connectivity index (χ0) is 19.8. The van der Waals surface area contributed by atoms with E-state index >= 15 is 0 Å². The van der Waals surface area contributed by atoms with E-state index in [1.807, 2.05) is 13.8 Å². The molecule has 3 N–H and O–H groups in total. The molecule has 0 aliphatic rings. The topological polar surface area (TPSA) is 80.9 Å². The lowest BCUT2D eigenvalue weighted by molar-refractivity contribution is -0.137. The first-order valence-corrected chi connectivity index (χ1v) is 9.59. The number of alkyl halides is 3. The summed E-state index contributed by atoms with van der Waals surface area (Å²) >= 11 is 2.50. The quantitative estimate of drug-likeness (QED) is 0.482. The van der Waals surface area contributed by atoms with Crippen LogP contribution in [0.15, 0.2) is 29.4 Å². The predicted molar refractivity (Wildman–Crippen MR) is 102 cm³/mol. The molecule has 1 aromatic carbocycles. The molecule has 2 aromatic heterocycles. The molecule has 0 aliphatic carbocycles. The summed E-state index contributed by atoms with van der Waals surface area (Å²) < 4.78 is 39.0. The molecule has 0 saturated carbocycles. The van der Waals surface area contributed by atoms with Crippen LogP contribution in [0, 0.1) is 13.8 Å². The van der Waals surface area contributed by atoms with Crippen LogP contribution in [0.4, 0.5) is 24.7 Å². The molecule has 2 heterocycles. The third-order valence-electron chi connectivity index (χ3n) is 3.88. The fourth-order valence-corrected chi connectivity index (χ4v) is 4.23.